The first-order valence-corrected chi connectivity index (χ1v) is 29.9. The zero-order valence-corrected chi connectivity index (χ0v) is 45.2. The zero-order valence-electron chi connectivity index (χ0n) is 45.2. The van der Waals surface area contributed by atoms with Crippen molar-refractivity contribution in [2.75, 3.05) is 13.2 Å². The van der Waals surface area contributed by atoms with Crippen molar-refractivity contribution in [3.05, 3.63) is 0 Å². The van der Waals surface area contributed by atoms with Gasteiger partial charge in [0.05, 0.1) is 0 Å². The number of hydrogen-bond acceptors (Lipinski definition) is 6. The lowest BCUT2D eigenvalue weighted by Gasteiger charge is -2.18. The maximum Gasteiger partial charge on any atom is 0.306 e. The van der Waals surface area contributed by atoms with Crippen molar-refractivity contribution in [1.82, 2.24) is 0 Å². The Morgan fingerprint density at radius 1 is 0.288 bits per heavy atom. The van der Waals surface area contributed by atoms with E-state index in [1.54, 1.807) is 0 Å². The lowest BCUT2D eigenvalue weighted by atomic mass is 10.0. The van der Waals surface area contributed by atoms with Gasteiger partial charge in [0.1, 0.15) is 13.2 Å². The van der Waals surface area contributed by atoms with E-state index in [1.165, 1.54) is 238 Å². The molecule has 0 fully saturated rings. The summed E-state index contributed by atoms with van der Waals surface area (Å²) in [7, 11) is 0. The van der Waals surface area contributed by atoms with Gasteiger partial charge in [-0.25, -0.2) is 0 Å². The van der Waals surface area contributed by atoms with Gasteiger partial charge in [0.2, 0.25) is 0 Å². The molecule has 66 heavy (non-hydrogen) atoms. The highest BCUT2D eigenvalue weighted by Crippen LogP contribution is 2.18. The summed E-state index contributed by atoms with van der Waals surface area (Å²) in [6.07, 6.45) is 59.5. The predicted molar refractivity (Wildman–Crippen MR) is 284 cm³/mol. The molecule has 0 aliphatic rings. The maximum absolute atomic E-state index is 12.9. The van der Waals surface area contributed by atoms with Crippen LogP contribution in [-0.2, 0) is 28.6 Å². The van der Waals surface area contributed by atoms with Gasteiger partial charge >= 0.3 is 17.9 Å². The van der Waals surface area contributed by atoms with Crippen LogP contribution in [0.25, 0.3) is 0 Å². The van der Waals surface area contributed by atoms with E-state index < -0.39 is 6.10 Å². The fourth-order valence-electron chi connectivity index (χ4n) is 9.28. The lowest BCUT2D eigenvalue weighted by Crippen LogP contribution is -2.30. The fraction of sp³-hybridized carbons (Fsp3) is 0.950. The molecule has 0 aromatic rings. The maximum atomic E-state index is 12.9. The minimum absolute atomic E-state index is 0.0616. The summed E-state index contributed by atoms with van der Waals surface area (Å²) in [5.74, 6) is 0.00549. The summed E-state index contributed by atoms with van der Waals surface area (Å²) >= 11 is 0. The van der Waals surface area contributed by atoms with Gasteiger partial charge in [0.15, 0.2) is 6.10 Å². The smallest absolute Gasteiger partial charge is 0.306 e. The minimum atomic E-state index is -0.762. The van der Waals surface area contributed by atoms with Gasteiger partial charge in [-0.1, -0.05) is 304 Å². The monoisotopic (exact) mass is 933 g/mol. The van der Waals surface area contributed by atoms with Crippen LogP contribution in [0.4, 0.5) is 0 Å². The highest BCUT2D eigenvalue weighted by Gasteiger charge is 2.19. The Morgan fingerprint density at radius 3 is 0.742 bits per heavy atom. The number of esters is 3. The van der Waals surface area contributed by atoms with Gasteiger partial charge in [-0.3, -0.25) is 14.4 Å². The highest BCUT2D eigenvalue weighted by molar-refractivity contribution is 5.71. The Hall–Kier alpha value is -1.59. The molecule has 0 unspecified atom stereocenters. The molecule has 0 aliphatic carbocycles. The molecule has 0 radical (unpaired) electrons. The summed E-state index contributed by atoms with van der Waals surface area (Å²) in [5.41, 5.74) is 0. The average molecular weight is 934 g/mol. The van der Waals surface area contributed by atoms with E-state index in [2.05, 4.69) is 27.7 Å². The van der Waals surface area contributed by atoms with Crippen LogP contribution in [0.15, 0.2) is 0 Å². The number of ether oxygens (including phenoxy) is 3. The molecular weight excluding hydrogens is 817 g/mol. The molecule has 0 aromatic carbocycles. The molecule has 0 bridgehead atoms. The normalized spacial score (nSPS) is 12.0. The van der Waals surface area contributed by atoms with Crippen molar-refractivity contribution in [3.63, 3.8) is 0 Å². The van der Waals surface area contributed by atoms with Gasteiger partial charge in [0, 0.05) is 19.3 Å². The van der Waals surface area contributed by atoms with E-state index in [0.29, 0.717) is 19.3 Å². The second-order valence-electron chi connectivity index (χ2n) is 21.1. The largest absolute Gasteiger partial charge is 0.462 e. The van der Waals surface area contributed by atoms with Gasteiger partial charge in [-0.15, -0.1) is 0 Å². The Morgan fingerprint density at radius 2 is 0.500 bits per heavy atom. The summed E-state index contributed by atoms with van der Waals surface area (Å²) in [6, 6.07) is 0. The number of hydrogen-bond donors (Lipinski definition) is 0. The lowest BCUT2D eigenvalue weighted by molar-refractivity contribution is -0.167. The van der Waals surface area contributed by atoms with Crippen LogP contribution >= 0.6 is 0 Å². The first kappa shape index (κ1) is 64.4. The first-order valence-electron chi connectivity index (χ1n) is 29.9. The summed E-state index contributed by atoms with van der Waals surface area (Å²) in [4.78, 5) is 38.2. The van der Waals surface area contributed by atoms with Crippen LogP contribution in [0, 0.1) is 5.92 Å². The van der Waals surface area contributed by atoms with Crippen molar-refractivity contribution in [2.24, 2.45) is 5.92 Å². The summed E-state index contributed by atoms with van der Waals surface area (Å²) in [5, 5.41) is 0. The number of rotatable bonds is 55. The Balaban J connectivity index is 4.28. The SMILES string of the molecule is CCCCCCCCCCCCCCCCCCCCC(=O)OC[C@H](COC(=O)CCCCCCCCCCCCCCCC)OC(=O)CCCCCCCCCCCCCCCC(C)C. The van der Waals surface area contributed by atoms with Crippen LogP contribution in [0.2, 0.25) is 0 Å². The Bertz CT molecular complexity index is 996. The van der Waals surface area contributed by atoms with Crippen molar-refractivity contribution in [3.8, 4) is 0 Å². The average Bonchev–Trinajstić information content (AvgIpc) is 3.30. The predicted octanol–water partition coefficient (Wildman–Crippen LogP) is 19.8. The number of carbonyl (C=O) groups excluding carboxylic acids is 3. The second kappa shape index (κ2) is 54.4. The van der Waals surface area contributed by atoms with Crippen LogP contribution in [-0.4, -0.2) is 37.2 Å². The molecule has 6 heteroatoms. The first-order chi connectivity index (χ1) is 32.4. The van der Waals surface area contributed by atoms with E-state index in [1.807, 2.05) is 0 Å². The van der Waals surface area contributed by atoms with E-state index in [0.717, 1.165) is 63.7 Å². The second-order valence-corrected chi connectivity index (χ2v) is 21.1. The van der Waals surface area contributed by atoms with Gasteiger partial charge in [0.25, 0.3) is 0 Å². The Labute approximate surface area is 412 Å². The van der Waals surface area contributed by atoms with E-state index in [9.17, 15) is 14.4 Å². The van der Waals surface area contributed by atoms with Crippen LogP contribution in [0.3, 0.4) is 0 Å². The summed E-state index contributed by atoms with van der Waals surface area (Å²) < 4.78 is 16.9. The molecular formula is C60H116O6. The van der Waals surface area contributed by atoms with Crippen molar-refractivity contribution in [2.45, 2.75) is 348 Å². The van der Waals surface area contributed by atoms with Crippen LogP contribution in [0.5, 0.6) is 0 Å². The molecule has 0 rings (SSSR count). The van der Waals surface area contributed by atoms with Gasteiger partial charge in [-0.2, -0.15) is 0 Å². The standard InChI is InChI=1S/C60H116O6/c1-5-7-9-11-13-15-17-19-21-22-23-24-28-32-36-40-44-48-52-59(62)65-55-57(54-64-58(61)51-47-43-39-35-31-27-20-18-16-14-12-10-8-6-2)66-60(63)53-49-45-41-37-33-29-25-26-30-34-38-42-46-50-56(3)4/h56-57H,5-55H2,1-4H3/t57-/m0/s1. The summed E-state index contributed by atoms with van der Waals surface area (Å²) in [6.45, 7) is 9.07. The molecule has 0 N–H and O–H groups in total. The highest BCUT2D eigenvalue weighted by atomic mass is 16.6. The third kappa shape index (κ3) is 53.4. The molecule has 6 nitrogen and oxygen atoms in total. The van der Waals surface area contributed by atoms with E-state index >= 15 is 0 Å². The molecule has 0 heterocycles. The van der Waals surface area contributed by atoms with Crippen LogP contribution in [0.1, 0.15) is 342 Å². The van der Waals surface area contributed by atoms with E-state index in [-0.39, 0.29) is 31.1 Å². The molecule has 0 aromatic heterocycles. The third-order valence-corrected chi connectivity index (χ3v) is 13.8. The topological polar surface area (TPSA) is 78.9 Å². The van der Waals surface area contributed by atoms with Crippen molar-refractivity contribution >= 4 is 17.9 Å². The third-order valence-electron chi connectivity index (χ3n) is 13.8. The number of carbonyl (C=O) groups is 3. The fourth-order valence-corrected chi connectivity index (χ4v) is 9.28. The van der Waals surface area contributed by atoms with Gasteiger partial charge in [-0.05, 0) is 25.2 Å². The zero-order chi connectivity index (χ0) is 48.1. The van der Waals surface area contributed by atoms with Crippen molar-refractivity contribution < 1.29 is 28.6 Å². The van der Waals surface area contributed by atoms with Crippen molar-refractivity contribution in [1.29, 1.82) is 0 Å². The molecule has 0 amide bonds. The Kier molecular flexibility index (Phi) is 53.0. The molecule has 0 saturated heterocycles. The van der Waals surface area contributed by atoms with Crippen LogP contribution < -0.4 is 0 Å². The molecule has 1 atom stereocenters. The minimum Gasteiger partial charge on any atom is -0.462 e. The molecule has 0 spiro atoms. The van der Waals surface area contributed by atoms with Gasteiger partial charge < -0.3 is 14.2 Å². The molecule has 0 aliphatic heterocycles. The molecule has 392 valence electrons. The number of unbranched alkanes of at least 4 members (excludes halogenated alkanes) is 42. The molecule has 0 saturated carbocycles. The van der Waals surface area contributed by atoms with E-state index in [4.69, 9.17) is 14.2 Å². The quantitative estimate of drug-likeness (QED) is 0.0343.